The molecule has 8 aromatic carbocycles. The Hall–Kier alpha value is -5.76. The van der Waals surface area contributed by atoms with Gasteiger partial charge < -0.3 is 68.1 Å². The van der Waals surface area contributed by atoms with Crippen LogP contribution in [0, 0.1) is 11.6 Å². The number of piperidine rings is 2. The molecule has 2 saturated heterocycles. The molecule has 4 aliphatic rings. The van der Waals surface area contributed by atoms with Gasteiger partial charge in [0.1, 0.15) is 11.6 Å². The normalized spacial score (nSPS) is 16.5. The highest BCUT2D eigenvalue weighted by Gasteiger charge is 2.49. The van der Waals surface area contributed by atoms with Gasteiger partial charge in [-0.25, -0.2) is 18.4 Å². The Morgan fingerprint density at radius 3 is 1.12 bits per heavy atom. The molecule has 114 heavy (non-hydrogen) atoms. The standard InChI is InChI=1S/2C41H46Cl2FN3O6S.2ClH.4H2S/c2*1-46(39(48)45-32-11-7-10-31(44)24-32)40(30-13-14-34(42)35(43)23-30,27-53-25-28-21-36(50-2)38(52-4)37(22-28)51-3)15-8-18-47-19-16-41(17-20-47)33-12-6-5-9-29(33)26-54(41)49;;;;;;/h2*5-7,9-14,21-24H,8,15-20,25-27H2,1-4H3,(H,45,48);2*1H;4*1H2/t2*40-,54?;;;;;;/m11....../s1. The Morgan fingerprint density at radius 1 is 0.465 bits per heavy atom. The summed E-state index contributed by atoms with van der Waals surface area (Å²) in [4.78, 5) is 36.2. The van der Waals surface area contributed by atoms with Gasteiger partial charge in [0.2, 0.25) is 11.5 Å². The number of nitrogens with one attached hydrogen (secondary N) is 2. The van der Waals surface area contributed by atoms with Crippen molar-refractivity contribution in [3.05, 3.63) is 234 Å². The zero-order valence-electron chi connectivity index (χ0n) is 64.7. The monoisotopic (exact) mass is 1800 g/mol. The lowest BCUT2D eigenvalue weighted by Gasteiger charge is -2.43. The zero-order chi connectivity index (χ0) is 76.9. The van der Waals surface area contributed by atoms with E-state index >= 15 is 0 Å². The molecule has 4 aliphatic heterocycles. The fraction of sp³-hybridized carbons (Fsp3) is 0.390. The predicted octanol–water partition coefficient (Wildman–Crippen LogP) is 18.8. The molecule has 18 nitrogen and oxygen atoms in total. The number of methoxy groups -OCH3 is 6. The van der Waals surface area contributed by atoms with Crippen LogP contribution >= 0.6 is 125 Å². The quantitative estimate of drug-likeness (QED) is 0.0473. The van der Waals surface area contributed by atoms with Crippen LogP contribution in [0.15, 0.2) is 158 Å². The van der Waals surface area contributed by atoms with Crippen molar-refractivity contribution in [3.8, 4) is 34.5 Å². The van der Waals surface area contributed by atoms with Gasteiger partial charge in [-0.05, 0) is 220 Å². The molecule has 0 aliphatic carbocycles. The molecule has 8 aromatic rings. The van der Waals surface area contributed by atoms with Gasteiger partial charge in [-0.1, -0.05) is 119 Å². The number of anilines is 2. The molecule has 4 amide bonds. The number of benzene rings is 8. The summed E-state index contributed by atoms with van der Waals surface area (Å²) in [5.74, 6) is 3.20. The predicted molar refractivity (Wildman–Crippen MR) is 480 cm³/mol. The zero-order valence-corrected chi connectivity index (χ0v) is 75.0. The van der Waals surface area contributed by atoms with Crippen molar-refractivity contribution in [2.45, 2.75) is 96.7 Å². The first kappa shape index (κ1) is 98.8. The SMILES string of the molecule is COc1cc(COC[C@](CCCN2CCC3(CC2)c2ccccc2CS3=O)(c2ccc(Cl)c(Cl)c2)N(C)C(=O)Nc2cccc(F)c2)cc(OC)c1OC.COc1cc(COC[C@](CCCN2CCC3(CC2)c2ccccc2CS3=O)(c2ccc(Cl)c(Cl)c2)N(C)C(=O)Nc2cccc(F)c2)cc(OC)c1OC.Cl.Cl.S.S.S.S. The number of carbonyl (C=O) groups is 2. The van der Waals surface area contributed by atoms with Gasteiger partial charge in [0.15, 0.2) is 23.0 Å². The van der Waals surface area contributed by atoms with E-state index in [1.54, 1.807) is 115 Å². The first-order chi connectivity index (χ1) is 52.1. The van der Waals surface area contributed by atoms with Gasteiger partial charge in [0.05, 0.1) is 110 Å². The maximum Gasteiger partial charge on any atom is 0.322 e. The number of fused-ring (bicyclic) bond motifs is 4. The van der Waals surface area contributed by atoms with Gasteiger partial charge in [-0.3, -0.25) is 8.42 Å². The molecule has 0 saturated carbocycles. The Labute approximate surface area is 733 Å². The number of hydrogen-bond acceptors (Lipinski definition) is 14. The number of hydrogen-bond donors (Lipinski definition) is 2. The third-order valence-corrected chi connectivity index (χ3v) is 27.2. The number of amides is 4. The maximum atomic E-state index is 14.2. The third kappa shape index (κ3) is 22.2. The van der Waals surface area contributed by atoms with Crippen LogP contribution in [0.5, 0.6) is 34.5 Å². The smallest absolute Gasteiger partial charge is 0.322 e. The number of carbonyl (C=O) groups excluding carboxylic acids is 2. The van der Waals surface area contributed by atoms with Crippen molar-refractivity contribution in [3.63, 3.8) is 0 Å². The van der Waals surface area contributed by atoms with Crippen molar-refractivity contribution in [1.29, 1.82) is 0 Å². The van der Waals surface area contributed by atoms with Gasteiger partial charge >= 0.3 is 12.1 Å². The van der Waals surface area contributed by atoms with E-state index in [0.29, 0.717) is 103 Å². The van der Waals surface area contributed by atoms with E-state index in [1.165, 1.54) is 46.5 Å². The second-order valence-electron chi connectivity index (χ2n) is 27.5. The molecule has 624 valence electrons. The number of likely N-dealkylation sites (N-methyl/N-ethyl adjacent to an activating group) is 2. The van der Waals surface area contributed by atoms with Crippen LogP contribution in [0.1, 0.15) is 95.9 Å². The summed E-state index contributed by atoms with van der Waals surface area (Å²) < 4.78 is 101. The van der Waals surface area contributed by atoms with Crippen LogP contribution in [-0.4, -0.2) is 149 Å². The van der Waals surface area contributed by atoms with Crippen LogP contribution in [0.3, 0.4) is 0 Å². The number of likely N-dealkylation sites (tertiary alicyclic amines) is 2. The molecule has 0 bridgehead atoms. The van der Waals surface area contributed by atoms with Crippen molar-refractivity contribution in [2.75, 3.05) is 120 Å². The number of rotatable bonds is 28. The molecule has 2 N–H and O–H groups in total. The first-order valence-electron chi connectivity index (χ1n) is 35.7. The fourth-order valence-electron chi connectivity index (χ4n) is 15.6. The van der Waals surface area contributed by atoms with Crippen LogP contribution < -0.4 is 39.1 Å². The van der Waals surface area contributed by atoms with Crippen molar-refractivity contribution < 1.29 is 64.7 Å². The molecule has 32 heteroatoms. The summed E-state index contributed by atoms with van der Waals surface area (Å²) >= 11 is 26.1. The van der Waals surface area contributed by atoms with Crippen LogP contribution in [0.4, 0.5) is 29.7 Å². The Bertz CT molecular complexity index is 4250. The summed E-state index contributed by atoms with van der Waals surface area (Å²) in [7, 11) is 10.8. The largest absolute Gasteiger partial charge is 0.493 e. The summed E-state index contributed by atoms with van der Waals surface area (Å²) in [5.41, 5.74) is 6.41. The number of nitrogens with zero attached hydrogens (tertiary/aromatic N) is 4. The number of urea groups is 2. The lowest BCUT2D eigenvalue weighted by molar-refractivity contribution is 0.00498. The fourth-order valence-corrected chi connectivity index (χ4v) is 20.0. The molecular formula is C82H102Cl6F2N6O12S6. The average molecular weight is 1810 g/mol. The highest BCUT2D eigenvalue weighted by molar-refractivity contribution is 7.85. The molecule has 2 spiro atoms. The molecule has 12 rings (SSSR count). The second kappa shape index (κ2) is 44.9. The minimum atomic E-state index is -1.05. The van der Waals surface area contributed by atoms with Crippen molar-refractivity contribution in [2.24, 2.45) is 0 Å². The Morgan fingerprint density at radius 2 is 0.807 bits per heavy atom. The van der Waals surface area contributed by atoms with E-state index in [0.717, 1.165) is 87.2 Å². The second-order valence-corrected chi connectivity index (χ2v) is 32.7. The van der Waals surface area contributed by atoms with Gasteiger partial charge in [0, 0.05) is 58.6 Å². The molecule has 0 aromatic heterocycles. The number of ether oxygens (including phenoxy) is 8. The van der Waals surface area contributed by atoms with E-state index in [9.17, 15) is 26.8 Å². The van der Waals surface area contributed by atoms with E-state index in [1.807, 2.05) is 60.7 Å². The minimum Gasteiger partial charge on any atom is -0.493 e. The summed E-state index contributed by atoms with van der Waals surface area (Å²) in [6.45, 7) is 5.22. The Balaban J connectivity index is 0.000000387. The molecule has 2 fully saturated rings. The van der Waals surface area contributed by atoms with E-state index in [4.69, 9.17) is 84.3 Å². The summed E-state index contributed by atoms with van der Waals surface area (Å²) in [6.07, 6.45) is 5.65. The molecular weight excluding hydrogens is 1700 g/mol. The third-order valence-electron chi connectivity index (χ3n) is 21.5. The van der Waals surface area contributed by atoms with Crippen molar-refractivity contribution in [1.82, 2.24) is 19.6 Å². The van der Waals surface area contributed by atoms with Gasteiger partial charge in [0.25, 0.3) is 0 Å². The Kier molecular flexibility index (Phi) is 38.9. The van der Waals surface area contributed by atoms with Gasteiger partial charge in [-0.2, -0.15) is 54.0 Å². The highest BCUT2D eigenvalue weighted by Crippen LogP contribution is 2.50. The highest BCUT2D eigenvalue weighted by atomic mass is 35.5. The number of halogens is 8. The van der Waals surface area contributed by atoms with Crippen LogP contribution in [0.2, 0.25) is 20.1 Å². The summed E-state index contributed by atoms with van der Waals surface area (Å²) in [5, 5.41) is 7.17. The lowest BCUT2D eigenvalue weighted by atomic mass is 9.83. The van der Waals surface area contributed by atoms with E-state index in [-0.39, 0.29) is 115 Å². The molecule has 4 atom stereocenters. The average Bonchev–Trinajstić information content (AvgIpc) is 1.61. The van der Waals surface area contributed by atoms with Gasteiger partial charge in [-0.15, -0.1) is 24.8 Å². The van der Waals surface area contributed by atoms with E-state index < -0.39 is 56.4 Å². The van der Waals surface area contributed by atoms with Crippen LogP contribution in [-0.2, 0) is 76.4 Å². The van der Waals surface area contributed by atoms with E-state index in [2.05, 4.69) is 44.7 Å². The molecule has 4 heterocycles. The maximum absolute atomic E-state index is 14.2. The minimum absolute atomic E-state index is 0. The van der Waals surface area contributed by atoms with Crippen molar-refractivity contribution >= 4 is 170 Å². The topological polar surface area (TPSA) is 179 Å². The molecule has 0 radical (unpaired) electrons. The summed E-state index contributed by atoms with van der Waals surface area (Å²) in [6, 6.07) is 45.2. The lowest BCUT2D eigenvalue weighted by Crippen LogP contribution is -2.52. The first-order valence-corrected chi connectivity index (χ1v) is 39.9. The van der Waals surface area contributed by atoms with Crippen LogP contribution in [0.25, 0.3) is 0 Å². The molecule has 2 unspecified atom stereocenters.